The lowest BCUT2D eigenvalue weighted by Gasteiger charge is -2.18. The second-order valence-electron chi connectivity index (χ2n) is 3.99. The van der Waals surface area contributed by atoms with Crippen LogP contribution in [0, 0.1) is 5.92 Å². The van der Waals surface area contributed by atoms with Gasteiger partial charge in [0.05, 0.1) is 15.3 Å². The highest BCUT2D eigenvalue weighted by Gasteiger charge is 2.24. The Kier molecular flexibility index (Phi) is 4.00. The Morgan fingerprint density at radius 1 is 1.69 bits per heavy atom. The number of rotatable bonds is 3. The first kappa shape index (κ1) is 12.1. The van der Waals surface area contributed by atoms with Crippen LogP contribution in [0.2, 0.25) is 0 Å². The number of carbonyl (C=O) groups excluding carboxylic acids is 1. The van der Waals surface area contributed by atoms with Gasteiger partial charge in [0.25, 0.3) is 5.91 Å². The highest BCUT2D eigenvalue weighted by atomic mass is 79.9. The number of hydrogen-bond donors (Lipinski definition) is 1. The van der Waals surface area contributed by atoms with E-state index in [2.05, 4.69) is 21.2 Å². The summed E-state index contributed by atoms with van der Waals surface area (Å²) in [5, 5.41) is 3.02. The van der Waals surface area contributed by atoms with Gasteiger partial charge in [-0.3, -0.25) is 4.79 Å². The molecular formula is C11H14BrNO2S. The largest absolute Gasteiger partial charge is 0.381 e. The van der Waals surface area contributed by atoms with Gasteiger partial charge in [-0.2, -0.15) is 0 Å². The van der Waals surface area contributed by atoms with Crippen LogP contribution in [-0.4, -0.2) is 25.2 Å². The van der Waals surface area contributed by atoms with Crippen molar-refractivity contribution in [2.45, 2.75) is 19.4 Å². The van der Waals surface area contributed by atoms with Crippen LogP contribution in [0.15, 0.2) is 15.9 Å². The van der Waals surface area contributed by atoms with E-state index in [0.29, 0.717) is 5.92 Å². The van der Waals surface area contributed by atoms with Crippen molar-refractivity contribution in [3.05, 3.63) is 20.8 Å². The molecule has 1 aliphatic heterocycles. The van der Waals surface area contributed by atoms with Crippen LogP contribution >= 0.6 is 27.3 Å². The second kappa shape index (κ2) is 5.29. The minimum absolute atomic E-state index is 0.00935. The Morgan fingerprint density at radius 2 is 2.50 bits per heavy atom. The number of thiophene rings is 1. The summed E-state index contributed by atoms with van der Waals surface area (Å²) in [6.07, 6.45) is 1.04. The van der Waals surface area contributed by atoms with E-state index in [0.717, 1.165) is 28.3 Å². The van der Waals surface area contributed by atoms with Gasteiger partial charge in [0.1, 0.15) is 0 Å². The Balaban J connectivity index is 1.91. The molecule has 0 aromatic carbocycles. The molecule has 2 unspecified atom stereocenters. The number of amides is 1. The molecule has 1 N–H and O–H groups in total. The minimum atomic E-state index is 0.00935. The molecule has 1 amide bonds. The highest BCUT2D eigenvalue weighted by Crippen LogP contribution is 2.23. The van der Waals surface area contributed by atoms with Crippen molar-refractivity contribution < 1.29 is 9.53 Å². The molecule has 1 fully saturated rings. The Morgan fingerprint density at radius 3 is 3.06 bits per heavy atom. The van der Waals surface area contributed by atoms with E-state index in [4.69, 9.17) is 4.74 Å². The molecule has 3 nitrogen and oxygen atoms in total. The molecule has 0 spiro atoms. The van der Waals surface area contributed by atoms with Gasteiger partial charge in [-0.25, -0.2) is 0 Å². The Bertz CT molecular complexity index is 374. The van der Waals surface area contributed by atoms with Crippen molar-refractivity contribution >= 4 is 33.2 Å². The molecule has 2 rings (SSSR count). The van der Waals surface area contributed by atoms with Crippen LogP contribution in [0.4, 0.5) is 0 Å². The van der Waals surface area contributed by atoms with Crippen LogP contribution in [0.25, 0.3) is 0 Å². The standard InChI is InChI=1S/C11H14BrNO2S/c1-7(8-4-5-15-6-8)13-11(14)9-2-3-10(12)16-9/h2-3,7-8H,4-6H2,1H3,(H,13,14). The van der Waals surface area contributed by atoms with Crippen LogP contribution in [0.5, 0.6) is 0 Å². The number of halogens is 1. The summed E-state index contributed by atoms with van der Waals surface area (Å²) in [6.45, 7) is 3.62. The first-order valence-electron chi connectivity index (χ1n) is 5.31. The summed E-state index contributed by atoms with van der Waals surface area (Å²) in [5.74, 6) is 0.461. The highest BCUT2D eigenvalue weighted by molar-refractivity contribution is 9.11. The molecule has 88 valence electrons. The lowest BCUT2D eigenvalue weighted by molar-refractivity contribution is 0.0926. The van der Waals surface area contributed by atoms with Crippen LogP contribution < -0.4 is 5.32 Å². The van der Waals surface area contributed by atoms with Crippen molar-refractivity contribution in [2.24, 2.45) is 5.92 Å². The van der Waals surface area contributed by atoms with Gasteiger partial charge in [-0.1, -0.05) is 0 Å². The summed E-state index contributed by atoms with van der Waals surface area (Å²) in [5.41, 5.74) is 0. The van der Waals surface area contributed by atoms with Gasteiger partial charge < -0.3 is 10.1 Å². The normalized spacial score (nSPS) is 22.0. The van der Waals surface area contributed by atoms with Gasteiger partial charge in [-0.15, -0.1) is 11.3 Å². The first-order chi connectivity index (χ1) is 7.66. The van der Waals surface area contributed by atoms with Crippen LogP contribution in [0.3, 0.4) is 0 Å². The van der Waals surface area contributed by atoms with E-state index < -0.39 is 0 Å². The lowest BCUT2D eigenvalue weighted by atomic mass is 10.0. The summed E-state index contributed by atoms with van der Waals surface area (Å²) in [7, 11) is 0. The third-order valence-electron chi connectivity index (χ3n) is 2.83. The quantitative estimate of drug-likeness (QED) is 0.932. The van der Waals surface area contributed by atoms with Crippen LogP contribution in [0.1, 0.15) is 23.0 Å². The molecule has 1 aromatic heterocycles. The van der Waals surface area contributed by atoms with E-state index in [1.165, 1.54) is 11.3 Å². The third-order valence-corrected chi connectivity index (χ3v) is 4.45. The predicted octanol–water partition coefficient (Wildman–Crippen LogP) is 2.67. The fourth-order valence-corrected chi connectivity index (χ4v) is 3.07. The van der Waals surface area contributed by atoms with E-state index >= 15 is 0 Å². The van der Waals surface area contributed by atoms with Gasteiger partial charge >= 0.3 is 0 Å². The molecule has 0 aliphatic carbocycles. The fraction of sp³-hybridized carbons (Fsp3) is 0.545. The average molecular weight is 304 g/mol. The lowest BCUT2D eigenvalue weighted by Crippen LogP contribution is -2.38. The minimum Gasteiger partial charge on any atom is -0.381 e. The monoisotopic (exact) mass is 303 g/mol. The molecule has 1 saturated heterocycles. The van der Waals surface area contributed by atoms with Crippen molar-refractivity contribution in [1.82, 2.24) is 5.32 Å². The number of hydrogen-bond acceptors (Lipinski definition) is 3. The number of ether oxygens (including phenoxy) is 1. The zero-order valence-corrected chi connectivity index (χ0v) is 11.4. The Labute approximate surface area is 107 Å². The molecular weight excluding hydrogens is 290 g/mol. The number of nitrogens with one attached hydrogen (secondary N) is 1. The molecule has 0 saturated carbocycles. The summed E-state index contributed by atoms with van der Waals surface area (Å²) in [4.78, 5) is 12.6. The molecule has 16 heavy (non-hydrogen) atoms. The molecule has 0 radical (unpaired) electrons. The zero-order valence-electron chi connectivity index (χ0n) is 9.03. The average Bonchev–Trinajstić information content (AvgIpc) is 2.87. The molecule has 1 aliphatic rings. The van der Waals surface area contributed by atoms with Gasteiger partial charge in [0, 0.05) is 18.6 Å². The van der Waals surface area contributed by atoms with Gasteiger partial charge in [-0.05, 0) is 41.4 Å². The van der Waals surface area contributed by atoms with Crippen molar-refractivity contribution in [2.75, 3.05) is 13.2 Å². The van der Waals surface area contributed by atoms with Crippen molar-refractivity contribution in [3.8, 4) is 0 Å². The molecule has 1 aromatic rings. The van der Waals surface area contributed by atoms with Crippen molar-refractivity contribution in [1.29, 1.82) is 0 Å². The summed E-state index contributed by atoms with van der Waals surface area (Å²) >= 11 is 4.81. The predicted molar refractivity (Wildman–Crippen MR) is 67.9 cm³/mol. The van der Waals surface area contributed by atoms with Gasteiger partial charge in [0.15, 0.2) is 0 Å². The first-order valence-corrected chi connectivity index (χ1v) is 6.91. The summed E-state index contributed by atoms with van der Waals surface area (Å²) < 4.78 is 6.29. The fourth-order valence-electron chi connectivity index (χ4n) is 1.78. The van der Waals surface area contributed by atoms with Crippen molar-refractivity contribution in [3.63, 3.8) is 0 Å². The third kappa shape index (κ3) is 2.84. The van der Waals surface area contributed by atoms with E-state index in [1.54, 1.807) is 0 Å². The molecule has 2 heterocycles. The smallest absolute Gasteiger partial charge is 0.261 e. The zero-order chi connectivity index (χ0) is 11.5. The Hall–Kier alpha value is -0.390. The molecule has 2 atom stereocenters. The van der Waals surface area contributed by atoms with E-state index in [1.807, 2.05) is 19.1 Å². The van der Waals surface area contributed by atoms with Gasteiger partial charge in [0.2, 0.25) is 0 Å². The van der Waals surface area contributed by atoms with E-state index in [9.17, 15) is 4.79 Å². The van der Waals surface area contributed by atoms with Crippen LogP contribution in [-0.2, 0) is 4.74 Å². The topological polar surface area (TPSA) is 38.3 Å². The second-order valence-corrected chi connectivity index (χ2v) is 6.45. The molecule has 5 heteroatoms. The number of carbonyl (C=O) groups is 1. The summed E-state index contributed by atoms with van der Waals surface area (Å²) in [6, 6.07) is 3.90. The maximum Gasteiger partial charge on any atom is 0.261 e. The van der Waals surface area contributed by atoms with E-state index in [-0.39, 0.29) is 11.9 Å². The maximum absolute atomic E-state index is 11.9. The SMILES string of the molecule is CC(NC(=O)c1ccc(Br)s1)C1CCOC1. The molecule has 0 bridgehead atoms. The maximum atomic E-state index is 11.9.